The summed E-state index contributed by atoms with van der Waals surface area (Å²) in [6.07, 6.45) is 0. The molecule has 0 saturated carbocycles. The molecule has 0 unspecified atom stereocenters. The molecule has 0 bridgehead atoms. The van der Waals surface area contributed by atoms with Crippen molar-refractivity contribution in [2.75, 3.05) is 13.2 Å². The molecule has 0 aromatic heterocycles. The van der Waals surface area contributed by atoms with Gasteiger partial charge in [-0.3, -0.25) is 9.59 Å². The molecule has 0 spiro atoms. The number of amides is 2. The summed E-state index contributed by atoms with van der Waals surface area (Å²) in [7, 11) is 0. The second-order valence-electron chi connectivity index (χ2n) is 7.21. The Bertz CT molecular complexity index is 827. The molecule has 2 aromatic rings. The number of nitrogens with one attached hydrogen (secondary N) is 1. The van der Waals surface area contributed by atoms with E-state index in [2.05, 4.69) is 21.2 Å². The normalized spacial score (nSPS) is 11.8. The molecule has 2 amide bonds. The Morgan fingerprint density at radius 1 is 1.14 bits per heavy atom. The van der Waals surface area contributed by atoms with E-state index in [9.17, 15) is 9.59 Å². The zero-order chi connectivity index (χ0) is 21.4. The van der Waals surface area contributed by atoms with Crippen LogP contribution in [0.4, 0.5) is 0 Å². The monoisotopic (exact) mass is 480 g/mol. The van der Waals surface area contributed by atoms with Crippen molar-refractivity contribution in [3.05, 3.63) is 63.6 Å². The van der Waals surface area contributed by atoms with Gasteiger partial charge in [-0.25, -0.2) is 0 Å². The van der Waals surface area contributed by atoms with E-state index in [1.54, 1.807) is 31.2 Å². The lowest BCUT2D eigenvalue weighted by molar-refractivity contribution is -0.142. The summed E-state index contributed by atoms with van der Waals surface area (Å²) < 4.78 is 6.55. The lowest BCUT2D eigenvalue weighted by Crippen LogP contribution is -2.49. The molecule has 7 heteroatoms. The number of halogens is 2. The number of ether oxygens (including phenoxy) is 1. The van der Waals surface area contributed by atoms with Crippen LogP contribution in [-0.2, 0) is 16.1 Å². The average Bonchev–Trinajstić information content (AvgIpc) is 2.69. The average molecular weight is 482 g/mol. The highest BCUT2D eigenvalue weighted by molar-refractivity contribution is 9.10. The first-order valence-electron chi connectivity index (χ1n) is 9.46. The van der Waals surface area contributed by atoms with Gasteiger partial charge in [-0.2, -0.15) is 0 Å². The van der Waals surface area contributed by atoms with Crippen LogP contribution in [0.5, 0.6) is 5.75 Å². The highest BCUT2D eigenvalue weighted by Gasteiger charge is 2.26. The molecule has 5 nitrogen and oxygen atoms in total. The van der Waals surface area contributed by atoms with Crippen LogP contribution in [0.15, 0.2) is 53.0 Å². The summed E-state index contributed by atoms with van der Waals surface area (Å²) in [5.74, 6) is 0.367. The van der Waals surface area contributed by atoms with Crippen molar-refractivity contribution in [3.8, 4) is 5.75 Å². The smallest absolute Gasteiger partial charge is 0.261 e. The number of benzene rings is 2. The third kappa shape index (κ3) is 7.71. The first-order chi connectivity index (χ1) is 13.8. The number of nitrogens with zero attached hydrogens (tertiary/aromatic N) is 1. The summed E-state index contributed by atoms with van der Waals surface area (Å²) in [6.45, 7) is 6.46. The summed E-state index contributed by atoms with van der Waals surface area (Å²) in [6, 6.07) is 13.9. The number of hydrogen-bond donors (Lipinski definition) is 1. The summed E-state index contributed by atoms with van der Waals surface area (Å²) in [5.41, 5.74) is 0.924. The van der Waals surface area contributed by atoms with E-state index in [1.165, 1.54) is 4.90 Å². The minimum atomic E-state index is -0.632. The minimum absolute atomic E-state index is 0.182. The topological polar surface area (TPSA) is 58.6 Å². The van der Waals surface area contributed by atoms with Gasteiger partial charge in [0.25, 0.3) is 5.91 Å². The fourth-order valence-corrected chi connectivity index (χ4v) is 3.05. The molecule has 0 heterocycles. The number of rotatable bonds is 9. The Kier molecular flexibility index (Phi) is 8.99. The maximum Gasteiger partial charge on any atom is 0.261 e. The Balaban J connectivity index is 2.12. The first kappa shape index (κ1) is 23.2. The van der Waals surface area contributed by atoms with Crippen molar-refractivity contribution >= 4 is 39.3 Å². The highest BCUT2D eigenvalue weighted by Crippen LogP contribution is 2.18. The van der Waals surface area contributed by atoms with Crippen molar-refractivity contribution in [1.82, 2.24) is 10.2 Å². The van der Waals surface area contributed by atoms with E-state index in [0.29, 0.717) is 29.8 Å². The molecule has 0 fully saturated rings. The standard InChI is InChI=1S/C22H26BrClN2O3/c1-15(2)12-25-22(28)16(3)26(13-17-7-9-18(23)10-8-17)21(27)14-29-20-6-4-5-19(24)11-20/h4-11,15-16H,12-14H2,1-3H3,(H,25,28)/t16-/m0/s1. The zero-order valence-corrected chi connectivity index (χ0v) is 19.2. The first-order valence-corrected chi connectivity index (χ1v) is 10.6. The fraction of sp³-hybridized carbons (Fsp3) is 0.364. The maximum absolute atomic E-state index is 12.9. The van der Waals surface area contributed by atoms with Gasteiger partial charge in [-0.15, -0.1) is 0 Å². The van der Waals surface area contributed by atoms with Crippen LogP contribution in [0.3, 0.4) is 0 Å². The third-order valence-corrected chi connectivity index (χ3v) is 5.04. The summed E-state index contributed by atoms with van der Waals surface area (Å²) >= 11 is 9.37. The second-order valence-corrected chi connectivity index (χ2v) is 8.56. The number of carbonyl (C=O) groups excluding carboxylic acids is 2. The van der Waals surface area contributed by atoms with Gasteiger partial charge in [0.1, 0.15) is 11.8 Å². The molecular formula is C22H26BrClN2O3. The molecule has 2 rings (SSSR count). The molecule has 0 radical (unpaired) electrons. The minimum Gasteiger partial charge on any atom is -0.484 e. The van der Waals surface area contributed by atoms with Gasteiger partial charge >= 0.3 is 0 Å². The molecule has 29 heavy (non-hydrogen) atoms. The molecular weight excluding hydrogens is 456 g/mol. The molecule has 1 atom stereocenters. The predicted octanol–water partition coefficient (Wildman–Crippen LogP) is 4.67. The molecule has 0 saturated heterocycles. The quantitative estimate of drug-likeness (QED) is 0.566. The molecule has 0 aliphatic heterocycles. The van der Waals surface area contributed by atoms with Gasteiger partial charge in [-0.1, -0.05) is 59.6 Å². The van der Waals surface area contributed by atoms with E-state index in [1.807, 2.05) is 38.1 Å². The van der Waals surface area contributed by atoms with Gasteiger partial charge in [0.05, 0.1) is 0 Å². The van der Waals surface area contributed by atoms with E-state index >= 15 is 0 Å². The van der Waals surface area contributed by atoms with Crippen molar-refractivity contribution in [3.63, 3.8) is 0 Å². The predicted molar refractivity (Wildman–Crippen MR) is 119 cm³/mol. The van der Waals surface area contributed by atoms with Crippen LogP contribution in [0, 0.1) is 5.92 Å². The van der Waals surface area contributed by atoms with Crippen molar-refractivity contribution in [2.24, 2.45) is 5.92 Å². The summed E-state index contributed by atoms with van der Waals surface area (Å²) in [4.78, 5) is 27.1. The van der Waals surface area contributed by atoms with Crippen LogP contribution in [0.2, 0.25) is 5.02 Å². The lowest BCUT2D eigenvalue weighted by Gasteiger charge is -2.29. The largest absolute Gasteiger partial charge is 0.484 e. The van der Waals surface area contributed by atoms with E-state index < -0.39 is 6.04 Å². The SMILES string of the molecule is CC(C)CNC(=O)[C@H](C)N(Cc1ccc(Br)cc1)C(=O)COc1cccc(Cl)c1. The van der Waals surface area contributed by atoms with Crippen LogP contribution in [0.25, 0.3) is 0 Å². The number of carbonyl (C=O) groups is 2. The second kappa shape index (κ2) is 11.2. The van der Waals surface area contributed by atoms with Gasteiger partial charge in [0, 0.05) is 22.6 Å². The van der Waals surface area contributed by atoms with Crippen molar-refractivity contribution < 1.29 is 14.3 Å². The zero-order valence-electron chi connectivity index (χ0n) is 16.8. The Hall–Kier alpha value is -2.05. The molecule has 0 aliphatic carbocycles. The fourth-order valence-electron chi connectivity index (χ4n) is 2.61. The number of hydrogen-bond acceptors (Lipinski definition) is 3. The molecule has 1 N–H and O–H groups in total. The molecule has 156 valence electrons. The summed E-state index contributed by atoms with van der Waals surface area (Å²) in [5, 5.41) is 3.43. The van der Waals surface area contributed by atoms with Gasteiger partial charge in [0.2, 0.25) is 5.91 Å². The van der Waals surface area contributed by atoms with Crippen LogP contribution in [0.1, 0.15) is 26.3 Å². The van der Waals surface area contributed by atoms with E-state index in [0.717, 1.165) is 10.0 Å². The molecule has 2 aromatic carbocycles. The Morgan fingerprint density at radius 3 is 2.45 bits per heavy atom. The van der Waals surface area contributed by atoms with Crippen LogP contribution in [-0.4, -0.2) is 35.9 Å². The van der Waals surface area contributed by atoms with E-state index in [4.69, 9.17) is 16.3 Å². The highest BCUT2D eigenvalue weighted by atomic mass is 79.9. The Labute approximate surface area is 185 Å². The maximum atomic E-state index is 12.9. The van der Waals surface area contributed by atoms with Crippen molar-refractivity contribution in [2.45, 2.75) is 33.4 Å². The van der Waals surface area contributed by atoms with Crippen LogP contribution < -0.4 is 10.1 Å². The van der Waals surface area contributed by atoms with Crippen molar-refractivity contribution in [1.29, 1.82) is 0 Å². The van der Waals surface area contributed by atoms with Gasteiger partial charge in [-0.05, 0) is 48.7 Å². The third-order valence-electron chi connectivity index (χ3n) is 4.28. The Morgan fingerprint density at radius 2 is 1.83 bits per heavy atom. The lowest BCUT2D eigenvalue weighted by atomic mass is 10.1. The van der Waals surface area contributed by atoms with Crippen LogP contribution >= 0.6 is 27.5 Å². The van der Waals surface area contributed by atoms with E-state index in [-0.39, 0.29) is 18.4 Å². The van der Waals surface area contributed by atoms with Gasteiger partial charge < -0.3 is 15.0 Å². The molecule has 0 aliphatic rings. The van der Waals surface area contributed by atoms with Gasteiger partial charge in [0.15, 0.2) is 6.61 Å².